The molecule has 332 valence electrons. The van der Waals surface area contributed by atoms with Crippen molar-refractivity contribution in [1.82, 2.24) is 0 Å². The maximum absolute atomic E-state index is 6.95. The summed E-state index contributed by atoms with van der Waals surface area (Å²) in [6.07, 6.45) is 0. The van der Waals surface area contributed by atoms with Crippen molar-refractivity contribution in [2.45, 2.75) is 43.9 Å². The van der Waals surface area contributed by atoms with Gasteiger partial charge in [0.1, 0.15) is 22.7 Å². The Balaban J connectivity index is 1.10. The third-order valence-electron chi connectivity index (χ3n) is 16.5. The summed E-state index contributed by atoms with van der Waals surface area (Å²) in [7, 11) is 0. The fraction of sp³-hybridized carbons (Fsp3) is 0.104. The molecule has 3 nitrogen and oxygen atoms in total. The van der Waals surface area contributed by atoms with Crippen LogP contribution in [-0.2, 0) is 16.2 Å². The molecule has 15 rings (SSSR count). The Morgan fingerprint density at radius 3 is 1.46 bits per heavy atom. The van der Waals surface area contributed by atoms with Crippen LogP contribution in [0.2, 0.25) is 0 Å². The largest absolute Gasteiger partial charge is 0.457 e. The van der Waals surface area contributed by atoms with Gasteiger partial charge in [0.2, 0.25) is 0 Å². The minimum Gasteiger partial charge on any atom is -0.457 e. The van der Waals surface area contributed by atoms with Gasteiger partial charge in [-0.1, -0.05) is 191 Å². The van der Waals surface area contributed by atoms with Crippen molar-refractivity contribution in [2.24, 2.45) is 0 Å². The van der Waals surface area contributed by atoms with Crippen LogP contribution in [0, 0.1) is 0 Å². The Labute approximate surface area is 407 Å². The van der Waals surface area contributed by atoms with Crippen LogP contribution in [0.1, 0.15) is 72.2 Å². The van der Waals surface area contributed by atoms with Crippen molar-refractivity contribution in [2.75, 3.05) is 4.90 Å². The highest BCUT2D eigenvalue weighted by molar-refractivity contribution is 6.12. The van der Waals surface area contributed by atoms with E-state index in [2.05, 4.69) is 245 Å². The van der Waals surface area contributed by atoms with Gasteiger partial charge in [0.15, 0.2) is 0 Å². The van der Waals surface area contributed by atoms with Gasteiger partial charge in [0, 0.05) is 55.2 Å². The van der Waals surface area contributed by atoms with Crippen LogP contribution in [0.25, 0.3) is 66.4 Å². The molecule has 0 bridgehead atoms. The van der Waals surface area contributed by atoms with Gasteiger partial charge in [-0.3, -0.25) is 0 Å². The second-order valence-corrected chi connectivity index (χ2v) is 20.7. The number of anilines is 3. The molecule has 0 radical (unpaired) electrons. The summed E-state index contributed by atoms with van der Waals surface area (Å²) in [4.78, 5) is 2.58. The fourth-order valence-electron chi connectivity index (χ4n) is 13.4. The minimum absolute atomic E-state index is 0.206. The number of ether oxygens (including phenoxy) is 1. The first-order chi connectivity index (χ1) is 34.2. The Kier molecular flexibility index (Phi) is 7.84. The second-order valence-electron chi connectivity index (χ2n) is 20.7. The van der Waals surface area contributed by atoms with Crippen LogP contribution >= 0.6 is 0 Å². The minimum atomic E-state index is -0.777. The third kappa shape index (κ3) is 4.99. The Morgan fingerprint density at radius 1 is 0.357 bits per heavy atom. The molecule has 0 N–H and O–H groups in total. The zero-order valence-electron chi connectivity index (χ0n) is 39.5. The zero-order chi connectivity index (χ0) is 46.7. The van der Waals surface area contributed by atoms with E-state index < -0.39 is 5.41 Å². The molecule has 3 aliphatic carbocycles. The van der Waals surface area contributed by atoms with Crippen molar-refractivity contribution in [3.8, 4) is 56.0 Å². The van der Waals surface area contributed by atoms with E-state index in [1.165, 1.54) is 66.8 Å². The van der Waals surface area contributed by atoms with Gasteiger partial charge < -0.3 is 14.1 Å². The topological polar surface area (TPSA) is 25.6 Å². The summed E-state index contributed by atoms with van der Waals surface area (Å²) in [6.45, 7) is 9.53. The summed E-state index contributed by atoms with van der Waals surface area (Å²) in [5.41, 5.74) is 23.8. The van der Waals surface area contributed by atoms with Crippen LogP contribution in [0.5, 0.6) is 11.5 Å². The quantitative estimate of drug-likeness (QED) is 0.176. The molecule has 1 aliphatic heterocycles. The molecule has 11 aromatic rings. The maximum Gasteiger partial charge on any atom is 0.143 e. The van der Waals surface area contributed by atoms with Gasteiger partial charge in [-0.25, -0.2) is 0 Å². The maximum atomic E-state index is 6.95. The normalized spacial score (nSPS) is 15.3. The Bertz CT molecular complexity index is 3920. The average molecular weight is 898 g/mol. The first-order valence-electron chi connectivity index (χ1n) is 24.6. The lowest BCUT2D eigenvalue weighted by Crippen LogP contribution is -2.33. The molecule has 0 unspecified atom stereocenters. The number of nitrogens with zero attached hydrogens (tertiary/aromatic N) is 1. The van der Waals surface area contributed by atoms with E-state index in [1.807, 2.05) is 0 Å². The predicted molar refractivity (Wildman–Crippen MR) is 286 cm³/mol. The molecule has 0 fully saturated rings. The summed E-state index contributed by atoms with van der Waals surface area (Å²) in [5, 5.41) is 2.23. The number of rotatable bonds is 4. The van der Waals surface area contributed by atoms with Crippen molar-refractivity contribution in [3.63, 3.8) is 0 Å². The number of furan rings is 1. The van der Waals surface area contributed by atoms with E-state index in [9.17, 15) is 0 Å². The van der Waals surface area contributed by atoms with Gasteiger partial charge in [0.25, 0.3) is 0 Å². The van der Waals surface area contributed by atoms with E-state index in [0.717, 1.165) is 72.8 Å². The van der Waals surface area contributed by atoms with E-state index >= 15 is 0 Å². The highest BCUT2D eigenvalue weighted by atomic mass is 16.5. The van der Waals surface area contributed by atoms with Crippen molar-refractivity contribution in [1.29, 1.82) is 0 Å². The molecule has 1 spiro atoms. The second kappa shape index (κ2) is 13.9. The van der Waals surface area contributed by atoms with Crippen LogP contribution in [-0.4, -0.2) is 0 Å². The van der Waals surface area contributed by atoms with Gasteiger partial charge in [-0.05, 0) is 115 Å². The van der Waals surface area contributed by atoms with E-state index in [4.69, 9.17) is 9.15 Å². The average Bonchev–Trinajstić information content (AvgIpc) is 4.07. The molecule has 2 heterocycles. The SMILES string of the molecule is CC1(C)c2ccccc2-c2ccc(N(c3ccc4c(c3)C(C)(C)c3ccccc3-4)c3ccc(-c4cccc5c4oc4ccccc45)c4c3C3(c5ccccc5Oc5ccccc53)c3ccccc3-4)cc21. The van der Waals surface area contributed by atoms with E-state index in [-0.39, 0.29) is 10.8 Å². The summed E-state index contributed by atoms with van der Waals surface area (Å²) in [6, 6.07) is 78.7. The highest BCUT2D eigenvalue weighted by Crippen LogP contribution is 2.67. The molecule has 4 aliphatic rings. The standard InChI is InChI=1S/C67H47NO2/c1-65(2)51-24-9-5-18-42(51)44-34-32-40(38-56(44)65)68(41-33-35-45-43-19-6-10-25-52(43)66(3,4)57(45)39-41)58-37-36-47(49-23-17-22-48-46-20-8-14-29-59(46)70-64(48)49)62-50-21-7-11-26-53(50)67(63(58)62)54-27-12-15-30-60(54)69-61-31-16-13-28-55(61)67/h5-39H,1-4H3. The van der Waals surface area contributed by atoms with Crippen molar-refractivity contribution < 1.29 is 9.15 Å². The van der Waals surface area contributed by atoms with Gasteiger partial charge in [0.05, 0.1) is 11.1 Å². The van der Waals surface area contributed by atoms with Crippen LogP contribution in [0.4, 0.5) is 17.1 Å². The van der Waals surface area contributed by atoms with Crippen LogP contribution < -0.4 is 9.64 Å². The first-order valence-corrected chi connectivity index (χ1v) is 24.6. The smallest absolute Gasteiger partial charge is 0.143 e. The fourth-order valence-corrected chi connectivity index (χ4v) is 13.4. The third-order valence-corrected chi connectivity index (χ3v) is 16.5. The Morgan fingerprint density at radius 2 is 0.829 bits per heavy atom. The molecular formula is C67H47NO2. The number of hydrogen-bond acceptors (Lipinski definition) is 3. The number of benzene rings is 10. The lowest BCUT2D eigenvalue weighted by atomic mass is 9.65. The summed E-state index contributed by atoms with van der Waals surface area (Å²) in [5.74, 6) is 1.72. The molecule has 0 amide bonds. The van der Waals surface area contributed by atoms with Crippen molar-refractivity contribution >= 4 is 39.0 Å². The number of hydrogen-bond donors (Lipinski definition) is 0. The summed E-state index contributed by atoms with van der Waals surface area (Å²) < 4.78 is 13.8. The van der Waals surface area contributed by atoms with E-state index in [0.29, 0.717) is 0 Å². The highest BCUT2D eigenvalue weighted by Gasteiger charge is 2.54. The molecule has 10 aromatic carbocycles. The van der Waals surface area contributed by atoms with Gasteiger partial charge in [-0.2, -0.15) is 0 Å². The Hall–Kier alpha value is -8.40. The molecule has 1 aromatic heterocycles. The van der Waals surface area contributed by atoms with Gasteiger partial charge >= 0.3 is 0 Å². The molecule has 0 saturated carbocycles. The monoisotopic (exact) mass is 897 g/mol. The number of para-hydroxylation sites is 4. The molecule has 70 heavy (non-hydrogen) atoms. The zero-order valence-corrected chi connectivity index (χ0v) is 39.5. The number of fused-ring (bicyclic) bond motifs is 18. The summed E-state index contributed by atoms with van der Waals surface area (Å²) >= 11 is 0. The lowest BCUT2D eigenvalue weighted by Gasteiger charge is -2.42. The van der Waals surface area contributed by atoms with Crippen molar-refractivity contribution in [3.05, 3.63) is 257 Å². The van der Waals surface area contributed by atoms with Crippen LogP contribution in [0.15, 0.2) is 217 Å². The lowest BCUT2D eigenvalue weighted by molar-refractivity contribution is 0.436. The molecule has 0 atom stereocenters. The first kappa shape index (κ1) is 39.6. The predicted octanol–water partition coefficient (Wildman–Crippen LogP) is 17.8. The van der Waals surface area contributed by atoms with E-state index in [1.54, 1.807) is 0 Å². The van der Waals surface area contributed by atoms with Gasteiger partial charge in [-0.15, -0.1) is 0 Å². The van der Waals surface area contributed by atoms with Crippen LogP contribution in [0.3, 0.4) is 0 Å². The molecule has 3 heteroatoms. The molecule has 0 saturated heterocycles. The molecular weight excluding hydrogens is 851 g/mol.